The van der Waals surface area contributed by atoms with Gasteiger partial charge >= 0.3 is 0 Å². The molecule has 0 saturated heterocycles. The van der Waals surface area contributed by atoms with E-state index in [1.807, 2.05) is 12.4 Å². The summed E-state index contributed by atoms with van der Waals surface area (Å²) >= 11 is 0. The van der Waals surface area contributed by atoms with Crippen molar-refractivity contribution >= 4 is 5.95 Å². The molecule has 1 aromatic heterocycles. The topological polar surface area (TPSA) is 41.1 Å². The van der Waals surface area contributed by atoms with Crippen molar-refractivity contribution < 1.29 is 0 Å². The number of aromatic nitrogens is 2. The van der Waals surface area contributed by atoms with Gasteiger partial charge in [0.2, 0.25) is 5.95 Å². The van der Waals surface area contributed by atoms with Gasteiger partial charge in [0.1, 0.15) is 0 Å². The molecular formula is C15H26N4. The Labute approximate surface area is 116 Å². The molecule has 1 saturated carbocycles. The number of hydrogen-bond donors (Lipinski definition) is 1. The SMILES string of the molecule is CN(c1ncc(CNC(C)(C)C)cn1)C1CCCC1. The largest absolute Gasteiger partial charge is 0.341 e. The third-order valence-electron chi connectivity index (χ3n) is 3.70. The first-order valence-electron chi connectivity index (χ1n) is 7.24. The molecule has 2 rings (SSSR count). The van der Waals surface area contributed by atoms with Crippen molar-refractivity contribution in [2.24, 2.45) is 0 Å². The van der Waals surface area contributed by atoms with E-state index in [1.54, 1.807) is 0 Å². The van der Waals surface area contributed by atoms with Crippen LogP contribution in [-0.4, -0.2) is 28.6 Å². The zero-order valence-corrected chi connectivity index (χ0v) is 12.6. The molecule has 0 amide bonds. The standard InChI is InChI=1S/C15H26N4/c1-15(2,3)18-11-12-9-16-14(17-10-12)19(4)13-7-5-6-8-13/h9-10,13,18H,5-8,11H2,1-4H3. The average Bonchev–Trinajstić information content (AvgIpc) is 2.89. The number of nitrogens with zero attached hydrogens (tertiary/aromatic N) is 3. The zero-order valence-electron chi connectivity index (χ0n) is 12.6. The minimum atomic E-state index is 0.124. The van der Waals surface area contributed by atoms with Crippen LogP contribution in [0, 0.1) is 0 Å². The number of nitrogens with one attached hydrogen (secondary N) is 1. The minimum Gasteiger partial charge on any atom is -0.341 e. The van der Waals surface area contributed by atoms with E-state index >= 15 is 0 Å². The third kappa shape index (κ3) is 4.16. The van der Waals surface area contributed by atoms with E-state index in [0.29, 0.717) is 6.04 Å². The molecule has 106 valence electrons. The maximum absolute atomic E-state index is 4.50. The Balaban J connectivity index is 1.94. The molecule has 0 unspecified atom stereocenters. The van der Waals surface area contributed by atoms with Gasteiger partial charge in [0.25, 0.3) is 0 Å². The van der Waals surface area contributed by atoms with Crippen molar-refractivity contribution in [3.05, 3.63) is 18.0 Å². The molecule has 19 heavy (non-hydrogen) atoms. The van der Waals surface area contributed by atoms with Crippen molar-refractivity contribution in [3.63, 3.8) is 0 Å². The van der Waals surface area contributed by atoms with Crippen molar-refractivity contribution in [2.45, 2.75) is 64.6 Å². The van der Waals surface area contributed by atoms with Gasteiger partial charge in [0.15, 0.2) is 0 Å². The normalized spacial score (nSPS) is 16.8. The molecule has 1 aromatic rings. The lowest BCUT2D eigenvalue weighted by Crippen LogP contribution is -2.35. The van der Waals surface area contributed by atoms with Gasteiger partial charge in [-0.25, -0.2) is 9.97 Å². The first-order chi connectivity index (χ1) is 8.96. The van der Waals surface area contributed by atoms with Crippen LogP contribution in [0.15, 0.2) is 12.4 Å². The molecule has 4 nitrogen and oxygen atoms in total. The fraction of sp³-hybridized carbons (Fsp3) is 0.733. The van der Waals surface area contributed by atoms with Crippen LogP contribution in [0.5, 0.6) is 0 Å². The van der Waals surface area contributed by atoms with Crippen LogP contribution in [0.25, 0.3) is 0 Å². The lowest BCUT2D eigenvalue weighted by molar-refractivity contribution is 0.423. The van der Waals surface area contributed by atoms with Gasteiger partial charge < -0.3 is 10.2 Å². The highest BCUT2D eigenvalue weighted by Crippen LogP contribution is 2.24. The third-order valence-corrected chi connectivity index (χ3v) is 3.70. The Morgan fingerprint density at radius 2 is 1.79 bits per heavy atom. The maximum atomic E-state index is 4.50. The van der Waals surface area contributed by atoms with Crippen molar-refractivity contribution in [1.82, 2.24) is 15.3 Å². The lowest BCUT2D eigenvalue weighted by Gasteiger charge is -2.24. The molecule has 1 aliphatic rings. The molecule has 0 radical (unpaired) electrons. The van der Waals surface area contributed by atoms with Gasteiger partial charge in [-0.2, -0.15) is 0 Å². The summed E-state index contributed by atoms with van der Waals surface area (Å²) in [5, 5.41) is 3.45. The predicted octanol–water partition coefficient (Wildman–Crippen LogP) is 2.74. The molecule has 0 atom stereocenters. The van der Waals surface area contributed by atoms with E-state index in [4.69, 9.17) is 0 Å². The Morgan fingerprint density at radius 1 is 1.21 bits per heavy atom. The summed E-state index contributed by atoms with van der Waals surface area (Å²) in [6, 6.07) is 0.624. The first kappa shape index (κ1) is 14.3. The Morgan fingerprint density at radius 3 is 2.32 bits per heavy atom. The number of anilines is 1. The van der Waals surface area contributed by atoms with Gasteiger partial charge in [0.05, 0.1) is 0 Å². The van der Waals surface area contributed by atoms with E-state index in [1.165, 1.54) is 25.7 Å². The second-order valence-corrected chi connectivity index (χ2v) is 6.54. The van der Waals surface area contributed by atoms with Crippen LogP contribution in [0.3, 0.4) is 0 Å². The van der Waals surface area contributed by atoms with E-state index in [2.05, 4.69) is 48.0 Å². The summed E-state index contributed by atoms with van der Waals surface area (Å²) in [5.41, 5.74) is 1.26. The summed E-state index contributed by atoms with van der Waals surface area (Å²) < 4.78 is 0. The van der Waals surface area contributed by atoms with E-state index in [0.717, 1.165) is 18.1 Å². The molecule has 0 aromatic carbocycles. The van der Waals surface area contributed by atoms with Gasteiger partial charge in [-0.3, -0.25) is 0 Å². The molecule has 1 aliphatic carbocycles. The molecule has 0 bridgehead atoms. The molecule has 1 heterocycles. The van der Waals surface area contributed by atoms with E-state index in [9.17, 15) is 0 Å². The summed E-state index contributed by atoms with van der Waals surface area (Å²) in [6.45, 7) is 7.30. The second-order valence-electron chi connectivity index (χ2n) is 6.54. The van der Waals surface area contributed by atoms with Crippen molar-refractivity contribution in [2.75, 3.05) is 11.9 Å². The summed E-state index contributed by atoms with van der Waals surface area (Å²) in [7, 11) is 2.11. The highest BCUT2D eigenvalue weighted by atomic mass is 15.2. The zero-order chi connectivity index (χ0) is 13.9. The Kier molecular flexibility index (Phi) is 4.40. The highest BCUT2D eigenvalue weighted by molar-refractivity contribution is 5.30. The lowest BCUT2D eigenvalue weighted by atomic mass is 10.1. The summed E-state index contributed by atoms with van der Waals surface area (Å²) in [4.78, 5) is 11.2. The Bertz CT molecular complexity index is 388. The second kappa shape index (κ2) is 5.87. The molecule has 0 aliphatic heterocycles. The predicted molar refractivity (Wildman–Crippen MR) is 79.3 cm³/mol. The molecule has 1 N–H and O–H groups in total. The smallest absolute Gasteiger partial charge is 0.225 e. The quantitative estimate of drug-likeness (QED) is 0.906. The van der Waals surface area contributed by atoms with Gasteiger partial charge in [-0.05, 0) is 33.6 Å². The monoisotopic (exact) mass is 262 g/mol. The Hall–Kier alpha value is -1.16. The maximum Gasteiger partial charge on any atom is 0.225 e. The van der Waals surface area contributed by atoms with E-state index < -0.39 is 0 Å². The van der Waals surface area contributed by atoms with Gasteiger partial charge in [-0.15, -0.1) is 0 Å². The first-order valence-corrected chi connectivity index (χ1v) is 7.24. The minimum absolute atomic E-state index is 0.124. The summed E-state index contributed by atoms with van der Waals surface area (Å²) in [6.07, 6.45) is 9.09. The van der Waals surface area contributed by atoms with Gasteiger partial charge in [-0.1, -0.05) is 12.8 Å². The van der Waals surface area contributed by atoms with Gasteiger partial charge in [0, 0.05) is 43.1 Å². The van der Waals surface area contributed by atoms with Crippen LogP contribution < -0.4 is 10.2 Å². The molecule has 0 spiro atoms. The van der Waals surface area contributed by atoms with Crippen LogP contribution in [0.1, 0.15) is 52.0 Å². The number of hydrogen-bond acceptors (Lipinski definition) is 4. The highest BCUT2D eigenvalue weighted by Gasteiger charge is 2.21. The van der Waals surface area contributed by atoms with Crippen molar-refractivity contribution in [3.8, 4) is 0 Å². The fourth-order valence-corrected chi connectivity index (χ4v) is 2.44. The summed E-state index contributed by atoms with van der Waals surface area (Å²) in [5.74, 6) is 0.853. The molecule has 1 fully saturated rings. The number of rotatable bonds is 4. The molecular weight excluding hydrogens is 236 g/mol. The van der Waals surface area contributed by atoms with Crippen LogP contribution in [0.2, 0.25) is 0 Å². The van der Waals surface area contributed by atoms with E-state index in [-0.39, 0.29) is 5.54 Å². The van der Waals surface area contributed by atoms with Crippen LogP contribution >= 0.6 is 0 Å². The van der Waals surface area contributed by atoms with Crippen molar-refractivity contribution in [1.29, 1.82) is 0 Å². The van der Waals surface area contributed by atoms with Crippen LogP contribution in [-0.2, 0) is 6.54 Å². The molecule has 4 heteroatoms. The average molecular weight is 262 g/mol. The fourth-order valence-electron chi connectivity index (χ4n) is 2.44. The van der Waals surface area contributed by atoms with Crippen LogP contribution in [0.4, 0.5) is 5.95 Å².